The van der Waals surface area contributed by atoms with E-state index in [0.29, 0.717) is 94.2 Å². The molecule has 0 amide bonds. The number of fused-ring (bicyclic) bond motifs is 2. The van der Waals surface area contributed by atoms with Crippen molar-refractivity contribution in [2.24, 2.45) is 22.9 Å². The summed E-state index contributed by atoms with van der Waals surface area (Å²) in [6.07, 6.45) is 1.01. The van der Waals surface area contributed by atoms with Gasteiger partial charge in [-0.05, 0) is 59.7 Å². The van der Waals surface area contributed by atoms with Gasteiger partial charge in [-0.2, -0.15) is 0 Å². The van der Waals surface area contributed by atoms with Crippen molar-refractivity contribution in [2.75, 3.05) is 49.9 Å². The van der Waals surface area contributed by atoms with Gasteiger partial charge >= 0.3 is 0 Å². The molecule has 2 heterocycles. The summed E-state index contributed by atoms with van der Waals surface area (Å²) in [6.45, 7) is 2.50. The number of rotatable bonds is 12. The molecule has 0 saturated heterocycles. The third-order valence-electron chi connectivity index (χ3n) is 10.7. The molecule has 6 aromatic carbocycles. The van der Waals surface area contributed by atoms with Crippen LogP contribution in [0.25, 0.3) is 22.3 Å². The summed E-state index contributed by atoms with van der Waals surface area (Å²) in [5.41, 5.74) is 29.3. The highest BCUT2D eigenvalue weighted by molar-refractivity contribution is 6.34. The van der Waals surface area contributed by atoms with E-state index in [4.69, 9.17) is 55.6 Å². The summed E-state index contributed by atoms with van der Waals surface area (Å²) in [5, 5.41) is 7.33. The molecule has 0 aromatic heterocycles. The highest BCUT2D eigenvalue weighted by Crippen LogP contribution is 2.51. The van der Waals surface area contributed by atoms with Crippen LogP contribution < -0.4 is 43.0 Å². The highest BCUT2D eigenvalue weighted by Gasteiger charge is 2.43. The second-order valence-electron chi connectivity index (χ2n) is 14.2. The molecule has 0 fully saturated rings. The van der Waals surface area contributed by atoms with Crippen LogP contribution in [0.2, 0.25) is 10.0 Å². The van der Waals surface area contributed by atoms with E-state index in [0.717, 1.165) is 22.3 Å². The molecule has 0 bridgehead atoms. The first kappa shape index (κ1) is 41.0. The number of nitrogens with one attached hydrogen (secondary N) is 2. The van der Waals surface area contributed by atoms with Gasteiger partial charge in [0.15, 0.2) is 11.2 Å². The van der Waals surface area contributed by atoms with Crippen molar-refractivity contribution in [3.8, 4) is 33.8 Å². The molecule has 0 saturated carbocycles. The Morgan fingerprint density at radius 1 is 0.500 bits per heavy atom. The summed E-state index contributed by atoms with van der Waals surface area (Å²) in [6, 6.07) is 36.7. The van der Waals surface area contributed by atoms with E-state index >= 15 is 8.78 Å². The molecular formula is C46H46Cl2F2N6O2. The smallest absolute Gasteiger partial charge is 0.150 e. The number of anilines is 2. The van der Waals surface area contributed by atoms with Crippen molar-refractivity contribution in [3.63, 3.8) is 0 Å². The Morgan fingerprint density at radius 3 is 1.26 bits per heavy atom. The van der Waals surface area contributed by atoms with E-state index < -0.39 is 11.2 Å². The van der Waals surface area contributed by atoms with Crippen LogP contribution in [0.5, 0.6) is 11.5 Å². The van der Waals surface area contributed by atoms with Crippen molar-refractivity contribution in [2.45, 2.75) is 24.0 Å². The minimum Gasteiger partial charge on any atom is -0.481 e. The molecule has 2 aliphatic rings. The molecule has 2 aliphatic heterocycles. The Bertz CT molecular complexity index is 2220. The summed E-state index contributed by atoms with van der Waals surface area (Å²) < 4.78 is 42.7. The topological polar surface area (TPSA) is 147 Å². The first-order chi connectivity index (χ1) is 28.2. The standard InChI is InChI=1S/2C23H23ClFN3O/c2*24-17-9-10-20-16(13-23(14-27,29-20)15-5-2-1-3-6-15)21(17)22-18(25)7-4-8-19(22)28-12-11-26/h2*1-10,28H,11-14,26-27H2/t2*23-/m10/s1. The van der Waals surface area contributed by atoms with Gasteiger partial charge in [-0.25, -0.2) is 8.78 Å². The summed E-state index contributed by atoms with van der Waals surface area (Å²) >= 11 is 13.2. The van der Waals surface area contributed by atoms with Crippen molar-refractivity contribution < 1.29 is 18.3 Å². The van der Waals surface area contributed by atoms with Crippen LogP contribution in [0.1, 0.15) is 22.3 Å². The molecule has 10 N–H and O–H groups in total. The maximum absolute atomic E-state index is 15.0. The lowest BCUT2D eigenvalue weighted by molar-refractivity contribution is 0.103. The van der Waals surface area contributed by atoms with Crippen molar-refractivity contribution in [1.82, 2.24) is 0 Å². The predicted molar refractivity (Wildman–Crippen MR) is 232 cm³/mol. The van der Waals surface area contributed by atoms with E-state index in [2.05, 4.69) is 10.6 Å². The molecule has 12 heteroatoms. The van der Waals surface area contributed by atoms with E-state index in [1.807, 2.05) is 84.9 Å². The molecule has 300 valence electrons. The van der Waals surface area contributed by atoms with Crippen LogP contribution in [-0.4, -0.2) is 39.3 Å². The molecule has 8 rings (SSSR count). The number of halogens is 4. The van der Waals surface area contributed by atoms with Gasteiger partial charge < -0.3 is 43.0 Å². The van der Waals surface area contributed by atoms with Crippen LogP contribution in [-0.2, 0) is 24.0 Å². The maximum Gasteiger partial charge on any atom is 0.150 e. The van der Waals surface area contributed by atoms with Crippen LogP contribution in [0, 0.1) is 11.6 Å². The Labute approximate surface area is 347 Å². The number of hydrogen-bond donors (Lipinski definition) is 6. The fourth-order valence-corrected chi connectivity index (χ4v) is 8.42. The van der Waals surface area contributed by atoms with Crippen LogP contribution in [0.3, 0.4) is 0 Å². The second-order valence-corrected chi connectivity index (χ2v) is 15.1. The summed E-state index contributed by atoms with van der Waals surface area (Å²) in [7, 11) is 0. The zero-order valence-corrected chi connectivity index (χ0v) is 33.4. The van der Waals surface area contributed by atoms with Crippen molar-refractivity contribution in [1.29, 1.82) is 0 Å². The highest BCUT2D eigenvalue weighted by atomic mass is 35.5. The summed E-state index contributed by atoms with van der Waals surface area (Å²) in [5.74, 6) is 0.637. The fourth-order valence-electron chi connectivity index (χ4n) is 7.88. The molecule has 0 radical (unpaired) electrons. The van der Waals surface area contributed by atoms with Crippen molar-refractivity contribution in [3.05, 3.63) is 165 Å². The van der Waals surface area contributed by atoms with E-state index in [-0.39, 0.29) is 24.7 Å². The first-order valence-corrected chi connectivity index (χ1v) is 19.9. The predicted octanol–water partition coefficient (Wildman–Crippen LogP) is 8.61. The molecule has 0 spiro atoms. The van der Waals surface area contributed by atoms with Gasteiger partial charge in [0.1, 0.15) is 23.1 Å². The van der Waals surface area contributed by atoms with Crippen LogP contribution in [0.4, 0.5) is 20.2 Å². The van der Waals surface area contributed by atoms with Crippen molar-refractivity contribution >= 4 is 34.6 Å². The van der Waals surface area contributed by atoms with Gasteiger partial charge in [-0.15, -0.1) is 0 Å². The molecule has 6 aromatic rings. The Balaban J connectivity index is 0.000000177. The van der Waals surface area contributed by atoms with Crippen LogP contribution >= 0.6 is 23.2 Å². The Hall–Kier alpha value is -5.20. The van der Waals surface area contributed by atoms with Gasteiger partial charge in [0.05, 0.1) is 0 Å². The third kappa shape index (κ3) is 7.84. The summed E-state index contributed by atoms with van der Waals surface area (Å²) in [4.78, 5) is 0. The monoisotopic (exact) mass is 822 g/mol. The number of hydrogen-bond acceptors (Lipinski definition) is 8. The number of ether oxygens (including phenoxy) is 2. The molecular weight excluding hydrogens is 777 g/mol. The maximum atomic E-state index is 15.0. The number of nitrogens with two attached hydrogens (primary N) is 4. The average Bonchev–Trinajstić information content (AvgIpc) is 3.84. The zero-order chi connectivity index (χ0) is 40.9. The van der Waals surface area contributed by atoms with E-state index in [1.54, 1.807) is 24.3 Å². The molecule has 8 nitrogen and oxygen atoms in total. The molecule has 58 heavy (non-hydrogen) atoms. The quantitative estimate of drug-likeness (QED) is 0.0720. The Morgan fingerprint density at radius 2 is 0.897 bits per heavy atom. The molecule has 2 atom stereocenters. The second kappa shape index (κ2) is 17.7. The molecule has 0 unspecified atom stereocenters. The minimum absolute atomic E-state index is 0.290. The zero-order valence-electron chi connectivity index (χ0n) is 31.8. The molecule has 0 aliphatic carbocycles. The van der Waals surface area contributed by atoms with Crippen LogP contribution in [0.15, 0.2) is 121 Å². The lowest BCUT2D eigenvalue weighted by Gasteiger charge is -2.27. The van der Waals surface area contributed by atoms with Gasteiger partial charge in [0, 0.05) is 107 Å². The van der Waals surface area contributed by atoms with Gasteiger partial charge in [0.25, 0.3) is 0 Å². The average molecular weight is 824 g/mol. The van der Waals surface area contributed by atoms with E-state index in [9.17, 15) is 0 Å². The normalized spacial score (nSPS) is 17.7. The lowest BCUT2D eigenvalue weighted by Crippen LogP contribution is -2.39. The number of benzene rings is 6. The third-order valence-corrected chi connectivity index (χ3v) is 11.3. The van der Waals surface area contributed by atoms with Gasteiger partial charge in [-0.1, -0.05) is 96.0 Å². The van der Waals surface area contributed by atoms with E-state index in [1.165, 1.54) is 12.1 Å². The SMILES string of the molecule is NCCNc1cccc(F)c1-c1c(Cl)ccc2c1C[C@@](CN)(c1ccccc1)O2.NCCNc1cccc(F)c1-c1c(Cl)ccc2c1C[C@](CN)(c1ccccc1)O2. The minimum atomic E-state index is -0.709. The van der Waals surface area contributed by atoms with Gasteiger partial charge in [0.2, 0.25) is 0 Å². The Kier molecular flexibility index (Phi) is 12.5. The fraction of sp³-hybridized carbons (Fsp3) is 0.217. The van der Waals surface area contributed by atoms with Gasteiger partial charge in [-0.3, -0.25) is 0 Å². The lowest BCUT2D eigenvalue weighted by atomic mass is 9.86. The first-order valence-electron chi connectivity index (χ1n) is 19.2. The largest absolute Gasteiger partial charge is 0.481 e.